The lowest BCUT2D eigenvalue weighted by Gasteiger charge is -1.97. The molecule has 1 rings (SSSR count). The van der Waals surface area contributed by atoms with E-state index in [1.54, 1.807) is 17.6 Å². The van der Waals surface area contributed by atoms with Crippen LogP contribution in [0.1, 0.15) is 42.1 Å². The topological polar surface area (TPSA) is 49.3 Å². The van der Waals surface area contributed by atoms with Crippen molar-refractivity contribution in [3.8, 4) is 0 Å². The van der Waals surface area contributed by atoms with Gasteiger partial charge >= 0.3 is 0 Å². The molecule has 0 saturated heterocycles. The van der Waals surface area contributed by atoms with Crippen molar-refractivity contribution in [1.29, 1.82) is 0 Å². The molecule has 1 aromatic rings. The van der Waals surface area contributed by atoms with Crippen molar-refractivity contribution >= 4 is 17.5 Å². The van der Waals surface area contributed by atoms with Crippen LogP contribution in [0.3, 0.4) is 0 Å². The number of nitrogens with one attached hydrogen (secondary N) is 1. The minimum atomic E-state index is -0.481. The van der Waals surface area contributed by atoms with Gasteiger partial charge in [-0.05, 0) is 25.5 Å². The highest BCUT2D eigenvalue weighted by Crippen LogP contribution is 2.01. The number of hydrogen-bond donors (Lipinski definition) is 2. The van der Waals surface area contributed by atoms with Gasteiger partial charge in [0, 0.05) is 11.4 Å². The van der Waals surface area contributed by atoms with Gasteiger partial charge in [-0.15, -0.1) is 11.6 Å². The molecule has 0 heterocycles. The first-order valence-corrected chi connectivity index (χ1v) is 6.26. The molecule has 1 amide bonds. The van der Waals surface area contributed by atoms with E-state index in [-0.39, 0.29) is 0 Å². The smallest absolute Gasteiger partial charge is 0.274 e. The normalized spacial score (nSPS) is 9.18. The summed E-state index contributed by atoms with van der Waals surface area (Å²) < 4.78 is 0. The van der Waals surface area contributed by atoms with Gasteiger partial charge < -0.3 is 0 Å². The van der Waals surface area contributed by atoms with E-state index in [0.29, 0.717) is 5.56 Å². The van der Waals surface area contributed by atoms with Crippen LogP contribution in [0.5, 0.6) is 0 Å². The first-order valence-electron chi connectivity index (χ1n) is 5.72. The number of benzene rings is 1. The Hall–Kier alpha value is -1.06. The molecule has 0 atom stereocenters. The van der Waals surface area contributed by atoms with Crippen molar-refractivity contribution in [2.75, 3.05) is 5.88 Å². The minimum Gasteiger partial charge on any atom is -0.288 e. The number of rotatable bonds is 4. The number of unbranched alkanes of at least 4 members (excludes halogenated alkanes) is 2. The lowest BCUT2D eigenvalue weighted by molar-refractivity contribution is 0.0706. The summed E-state index contributed by atoms with van der Waals surface area (Å²) in [4.78, 5) is 10.8. The monoisotopic (exact) mass is 257 g/mol. The summed E-state index contributed by atoms with van der Waals surface area (Å²) >= 11 is 5.38. The van der Waals surface area contributed by atoms with E-state index >= 15 is 0 Å². The molecule has 0 spiro atoms. The Morgan fingerprint density at radius 2 is 1.88 bits per heavy atom. The average molecular weight is 258 g/mol. The van der Waals surface area contributed by atoms with Crippen LogP contribution in [0.15, 0.2) is 24.3 Å². The third-order valence-electron chi connectivity index (χ3n) is 2.15. The van der Waals surface area contributed by atoms with E-state index < -0.39 is 5.91 Å². The maximum atomic E-state index is 10.8. The summed E-state index contributed by atoms with van der Waals surface area (Å²) in [6.07, 6.45) is 3.73. The predicted molar refractivity (Wildman–Crippen MR) is 70.7 cm³/mol. The molecule has 1 aromatic carbocycles. The molecule has 0 unspecified atom stereocenters. The Morgan fingerprint density at radius 3 is 2.24 bits per heavy atom. The Bertz CT molecular complexity index is 308. The summed E-state index contributed by atoms with van der Waals surface area (Å²) in [6.45, 7) is 4.10. The Labute approximate surface area is 108 Å². The fourth-order valence-electron chi connectivity index (χ4n) is 1.11. The lowest BCUT2D eigenvalue weighted by Crippen LogP contribution is -2.18. The lowest BCUT2D eigenvalue weighted by atomic mass is 10.1. The molecule has 0 saturated carbocycles. The van der Waals surface area contributed by atoms with Gasteiger partial charge in [-0.3, -0.25) is 10.0 Å². The van der Waals surface area contributed by atoms with Gasteiger partial charge in [-0.25, -0.2) is 5.48 Å². The maximum Gasteiger partial charge on any atom is 0.274 e. The Morgan fingerprint density at radius 1 is 1.29 bits per heavy atom. The van der Waals surface area contributed by atoms with Gasteiger partial charge in [0.15, 0.2) is 0 Å². The second-order valence-corrected chi connectivity index (χ2v) is 4.08. The van der Waals surface area contributed by atoms with Crippen molar-refractivity contribution in [3.05, 3.63) is 35.4 Å². The molecule has 0 aliphatic carbocycles. The Kier molecular flexibility index (Phi) is 9.49. The van der Waals surface area contributed by atoms with Crippen LogP contribution >= 0.6 is 11.6 Å². The molecule has 0 radical (unpaired) electrons. The third-order valence-corrected chi connectivity index (χ3v) is 2.42. The van der Waals surface area contributed by atoms with E-state index in [1.807, 2.05) is 19.1 Å². The molecular weight excluding hydrogens is 238 g/mol. The van der Waals surface area contributed by atoms with Gasteiger partial charge in [0.05, 0.1) is 0 Å². The first-order chi connectivity index (χ1) is 8.15. The van der Waals surface area contributed by atoms with Gasteiger partial charge in [0.2, 0.25) is 0 Å². The molecule has 0 bridgehead atoms. The number of carbonyl (C=O) groups excluding carboxylic acids is 1. The number of hydroxylamine groups is 1. The number of alkyl halides is 1. The fourth-order valence-corrected chi connectivity index (χ4v) is 1.30. The maximum absolute atomic E-state index is 10.8. The van der Waals surface area contributed by atoms with Crippen LogP contribution in [0, 0.1) is 6.92 Å². The van der Waals surface area contributed by atoms with E-state index in [2.05, 4.69) is 6.92 Å². The van der Waals surface area contributed by atoms with E-state index in [9.17, 15) is 4.79 Å². The zero-order chi connectivity index (χ0) is 13.1. The Balaban J connectivity index is 0.000000366. The largest absolute Gasteiger partial charge is 0.288 e. The zero-order valence-electron chi connectivity index (χ0n) is 10.4. The van der Waals surface area contributed by atoms with Gasteiger partial charge in [-0.2, -0.15) is 0 Å². The third kappa shape index (κ3) is 7.77. The molecule has 0 aliphatic rings. The van der Waals surface area contributed by atoms with Crippen LogP contribution in [0.2, 0.25) is 0 Å². The number of aryl methyl sites for hydroxylation is 1. The molecule has 2 N–H and O–H groups in total. The standard InChI is InChI=1S/C8H9NO2.C5H11Cl/c1-6-2-4-7(5-3-6)8(10)9-11;1-2-3-4-5-6/h2-5,11H,1H3,(H,9,10);2-5H2,1H3. The molecule has 96 valence electrons. The van der Waals surface area contributed by atoms with Crippen molar-refractivity contribution in [2.45, 2.75) is 33.1 Å². The summed E-state index contributed by atoms with van der Waals surface area (Å²) in [5, 5.41) is 8.26. The molecule has 3 nitrogen and oxygen atoms in total. The summed E-state index contributed by atoms with van der Waals surface area (Å²) in [5.41, 5.74) is 3.10. The predicted octanol–water partition coefficient (Wildman–Crippen LogP) is 3.53. The number of amides is 1. The van der Waals surface area contributed by atoms with E-state index in [0.717, 1.165) is 11.4 Å². The van der Waals surface area contributed by atoms with Crippen molar-refractivity contribution in [3.63, 3.8) is 0 Å². The van der Waals surface area contributed by atoms with Crippen molar-refractivity contribution in [2.24, 2.45) is 0 Å². The fraction of sp³-hybridized carbons (Fsp3) is 0.462. The minimum absolute atomic E-state index is 0.457. The van der Waals surface area contributed by atoms with Gasteiger partial charge in [0.1, 0.15) is 0 Å². The molecule has 0 aliphatic heterocycles. The van der Waals surface area contributed by atoms with Crippen molar-refractivity contribution in [1.82, 2.24) is 5.48 Å². The van der Waals surface area contributed by atoms with Crippen LogP contribution in [0.25, 0.3) is 0 Å². The van der Waals surface area contributed by atoms with E-state index in [4.69, 9.17) is 16.8 Å². The summed E-state index contributed by atoms with van der Waals surface area (Å²) in [5.74, 6) is 0.346. The van der Waals surface area contributed by atoms with Crippen LogP contribution in [-0.4, -0.2) is 17.0 Å². The summed E-state index contributed by atoms with van der Waals surface area (Å²) in [6, 6.07) is 6.93. The second kappa shape index (κ2) is 10.1. The van der Waals surface area contributed by atoms with Crippen LogP contribution in [0.4, 0.5) is 0 Å². The molecule has 17 heavy (non-hydrogen) atoms. The summed E-state index contributed by atoms with van der Waals surface area (Å²) in [7, 11) is 0. The highest BCUT2D eigenvalue weighted by Gasteiger charge is 2.00. The first kappa shape index (κ1) is 15.9. The molecular formula is C13H20ClNO2. The van der Waals surface area contributed by atoms with Crippen LogP contribution in [-0.2, 0) is 0 Å². The highest BCUT2D eigenvalue weighted by atomic mass is 35.5. The highest BCUT2D eigenvalue weighted by molar-refractivity contribution is 6.17. The molecule has 4 heteroatoms. The van der Waals surface area contributed by atoms with Crippen molar-refractivity contribution < 1.29 is 10.0 Å². The second-order valence-electron chi connectivity index (χ2n) is 3.70. The number of carbonyl (C=O) groups is 1. The number of hydrogen-bond acceptors (Lipinski definition) is 2. The molecule has 0 fully saturated rings. The quantitative estimate of drug-likeness (QED) is 0.375. The van der Waals surface area contributed by atoms with Crippen LogP contribution < -0.4 is 5.48 Å². The van der Waals surface area contributed by atoms with Gasteiger partial charge in [-0.1, -0.05) is 37.5 Å². The average Bonchev–Trinajstić information content (AvgIpc) is 2.37. The van der Waals surface area contributed by atoms with Gasteiger partial charge in [0.25, 0.3) is 5.91 Å². The SMILES string of the molecule is CCCCCCl.Cc1ccc(C(=O)NO)cc1. The van der Waals surface area contributed by atoms with E-state index in [1.165, 1.54) is 19.3 Å². The zero-order valence-corrected chi connectivity index (χ0v) is 11.1. The number of halogens is 1. The molecule has 0 aromatic heterocycles.